The molecule has 0 amide bonds. The Bertz CT molecular complexity index is 864. The summed E-state index contributed by atoms with van der Waals surface area (Å²) in [5.74, 6) is 0.677. The molecule has 0 aromatic heterocycles. The van der Waals surface area contributed by atoms with E-state index in [-0.39, 0.29) is 16.9 Å². The first kappa shape index (κ1) is 27.1. The van der Waals surface area contributed by atoms with Gasteiger partial charge in [0.25, 0.3) is 0 Å². The highest BCUT2D eigenvalue weighted by Crippen LogP contribution is 2.60. The van der Waals surface area contributed by atoms with Gasteiger partial charge in [-0.15, -0.1) is 0 Å². The average Bonchev–Trinajstić information content (AvgIpc) is 3.09. The number of hydrogen-bond donors (Lipinski definition) is 4. The summed E-state index contributed by atoms with van der Waals surface area (Å²) in [6.45, 7) is 12.7. The van der Waals surface area contributed by atoms with Gasteiger partial charge in [0, 0.05) is 12.0 Å². The average molecular weight is 470 g/mol. The first-order valence-corrected chi connectivity index (χ1v) is 13.3. The molecule has 0 spiro atoms. The molecule has 4 nitrogen and oxygen atoms in total. The van der Waals surface area contributed by atoms with E-state index in [9.17, 15) is 15.3 Å². The molecule has 0 aromatic carbocycles. The van der Waals surface area contributed by atoms with Gasteiger partial charge in [0.1, 0.15) is 0 Å². The summed E-state index contributed by atoms with van der Waals surface area (Å²) in [5, 5.41) is 30.7. The topological polar surface area (TPSA) is 86.7 Å². The van der Waals surface area contributed by atoms with Crippen molar-refractivity contribution in [2.24, 2.45) is 23.0 Å². The Hall–Kier alpha value is -1.46. The smallest absolute Gasteiger partial charge is 0.0825 e. The van der Waals surface area contributed by atoms with Crippen molar-refractivity contribution in [3.63, 3.8) is 0 Å². The summed E-state index contributed by atoms with van der Waals surface area (Å²) in [6, 6.07) is 0. The quantitative estimate of drug-likeness (QED) is 0.370. The molecule has 0 radical (unpaired) electrons. The lowest BCUT2D eigenvalue weighted by Gasteiger charge is -2.50. The summed E-state index contributed by atoms with van der Waals surface area (Å²) in [4.78, 5) is 0. The van der Waals surface area contributed by atoms with E-state index in [2.05, 4.69) is 44.7 Å². The zero-order chi connectivity index (χ0) is 25.1. The second kappa shape index (κ2) is 10.7. The van der Waals surface area contributed by atoms with Crippen LogP contribution in [0.1, 0.15) is 85.5 Å². The molecule has 3 fully saturated rings. The van der Waals surface area contributed by atoms with Crippen LogP contribution in [0.4, 0.5) is 0 Å². The molecule has 190 valence electrons. The molecule has 0 aromatic rings. The third-order valence-corrected chi connectivity index (χ3v) is 9.51. The Morgan fingerprint density at radius 1 is 1.18 bits per heavy atom. The van der Waals surface area contributed by atoms with Crippen LogP contribution in [0.2, 0.25) is 0 Å². The predicted molar refractivity (Wildman–Crippen MR) is 141 cm³/mol. The molecule has 0 saturated heterocycles. The van der Waals surface area contributed by atoms with Gasteiger partial charge in [0.05, 0.1) is 17.8 Å². The molecule has 6 atom stereocenters. The van der Waals surface area contributed by atoms with Crippen molar-refractivity contribution in [3.05, 3.63) is 59.8 Å². The number of rotatable bonds is 7. The van der Waals surface area contributed by atoms with Gasteiger partial charge >= 0.3 is 0 Å². The van der Waals surface area contributed by atoms with Crippen LogP contribution in [0, 0.1) is 17.3 Å². The third kappa shape index (κ3) is 5.21. The van der Waals surface area contributed by atoms with Crippen LogP contribution >= 0.6 is 0 Å². The second-order valence-electron chi connectivity index (χ2n) is 11.3. The van der Waals surface area contributed by atoms with Gasteiger partial charge in [-0.3, -0.25) is 0 Å². The summed E-state index contributed by atoms with van der Waals surface area (Å²) >= 11 is 0. The molecule has 3 aliphatic rings. The molecule has 0 aliphatic heterocycles. The van der Waals surface area contributed by atoms with Crippen molar-refractivity contribution in [1.29, 1.82) is 0 Å². The number of allylic oxidation sites excluding steroid dienone is 5. The number of aliphatic hydroxyl groups is 3. The molecule has 4 heteroatoms. The molecule has 0 bridgehead atoms. The highest BCUT2D eigenvalue weighted by atomic mass is 16.3. The van der Waals surface area contributed by atoms with Crippen molar-refractivity contribution < 1.29 is 15.3 Å². The first-order chi connectivity index (χ1) is 16.0. The van der Waals surface area contributed by atoms with Gasteiger partial charge in [-0.1, -0.05) is 76.3 Å². The number of aliphatic hydroxyl groups excluding tert-OH is 2. The van der Waals surface area contributed by atoms with Crippen molar-refractivity contribution in [1.82, 2.24) is 0 Å². The molecule has 3 rings (SSSR count). The fraction of sp³-hybridized carbons (Fsp3) is 0.667. The van der Waals surface area contributed by atoms with Crippen LogP contribution in [-0.2, 0) is 0 Å². The van der Waals surface area contributed by atoms with Crippen LogP contribution < -0.4 is 5.73 Å². The zero-order valence-corrected chi connectivity index (χ0v) is 21.8. The Kier molecular flexibility index (Phi) is 8.50. The molecule has 3 aliphatic carbocycles. The lowest BCUT2D eigenvalue weighted by molar-refractivity contribution is 0.0805. The minimum absolute atomic E-state index is 0.0270. The fourth-order valence-electron chi connectivity index (χ4n) is 6.68. The van der Waals surface area contributed by atoms with E-state index < -0.39 is 17.8 Å². The Morgan fingerprint density at radius 2 is 1.88 bits per heavy atom. The highest BCUT2D eigenvalue weighted by Gasteiger charge is 2.58. The van der Waals surface area contributed by atoms with Crippen LogP contribution in [0.3, 0.4) is 0 Å². The summed E-state index contributed by atoms with van der Waals surface area (Å²) in [5.41, 5.74) is 9.40. The number of hydrogen-bond acceptors (Lipinski definition) is 4. The van der Waals surface area contributed by atoms with Crippen molar-refractivity contribution in [2.45, 2.75) is 109 Å². The normalized spacial score (nSPS) is 38.4. The molecule has 0 unspecified atom stereocenters. The highest BCUT2D eigenvalue weighted by molar-refractivity contribution is 5.39. The summed E-state index contributed by atoms with van der Waals surface area (Å²) in [6.07, 6.45) is 19.1. The molecule has 0 heterocycles. The van der Waals surface area contributed by atoms with E-state index >= 15 is 0 Å². The maximum absolute atomic E-state index is 10.5. The maximum Gasteiger partial charge on any atom is 0.0825 e. The van der Waals surface area contributed by atoms with Gasteiger partial charge < -0.3 is 21.1 Å². The van der Waals surface area contributed by atoms with E-state index in [1.807, 2.05) is 26.0 Å². The molecular formula is C30H47NO3. The third-order valence-electron chi connectivity index (χ3n) is 9.51. The van der Waals surface area contributed by atoms with Gasteiger partial charge in [0.2, 0.25) is 0 Å². The fourth-order valence-corrected chi connectivity index (χ4v) is 6.68. The van der Waals surface area contributed by atoms with Crippen LogP contribution in [0.25, 0.3) is 0 Å². The minimum Gasteiger partial charge on any atom is -0.393 e. The van der Waals surface area contributed by atoms with Gasteiger partial charge in [0.15, 0.2) is 0 Å². The molecule has 34 heavy (non-hydrogen) atoms. The zero-order valence-electron chi connectivity index (χ0n) is 21.8. The monoisotopic (exact) mass is 469 g/mol. The first-order valence-electron chi connectivity index (χ1n) is 13.3. The van der Waals surface area contributed by atoms with E-state index in [1.165, 1.54) is 5.57 Å². The predicted octanol–water partition coefficient (Wildman–Crippen LogP) is 5.51. The minimum atomic E-state index is -0.730. The standard InChI is InChI=1S/C30H47NO3/c1-6-29(34,7-2)17-9-8-11-21(3)30(31)18-15-26-23(12-10-16-28(26,30)5)13-14-24-19-25(32)20-27(33)22(24)4/h8-9,11,13-14,17,21,25-27,32-34H,4,6-7,10,12,15-16,18-20,31H2,1-3,5H3/b11-8+,17-9+,23-13+,24-14-/t21-,25-,26+,27+,28+,30+/m1/s1. The lowest BCUT2D eigenvalue weighted by Crippen LogP contribution is -2.57. The largest absolute Gasteiger partial charge is 0.393 e. The van der Waals surface area contributed by atoms with Gasteiger partial charge in [-0.2, -0.15) is 0 Å². The van der Waals surface area contributed by atoms with Gasteiger partial charge in [-0.25, -0.2) is 0 Å². The lowest BCUT2D eigenvalue weighted by atomic mass is 9.57. The van der Waals surface area contributed by atoms with Crippen LogP contribution in [-0.4, -0.2) is 38.7 Å². The Morgan fingerprint density at radius 3 is 2.56 bits per heavy atom. The molecular weight excluding hydrogens is 422 g/mol. The summed E-state index contributed by atoms with van der Waals surface area (Å²) < 4.78 is 0. The Balaban J connectivity index is 1.78. The van der Waals surface area contributed by atoms with Gasteiger partial charge in [-0.05, 0) is 79.8 Å². The molecule has 3 saturated carbocycles. The number of nitrogens with two attached hydrogens (primary N) is 1. The van der Waals surface area contributed by atoms with Crippen molar-refractivity contribution in [2.75, 3.05) is 0 Å². The van der Waals surface area contributed by atoms with E-state index in [4.69, 9.17) is 5.73 Å². The summed E-state index contributed by atoms with van der Waals surface area (Å²) in [7, 11) is 0. The van der Waals surface area contributed by atoms with E-state index in [1.54, 1.807) is 0 Å². The molecule has 5 N–H and O–H groups in total. The van der Waals surface area contributed by atoms with Crippen LogP contribution in [0.15, 0.2) is 59.8 Å². The van der Waals surface area contributed by atoms with Crippen molar-refractivity contribution in [3.8, 4) is 0 Å². The Labute approximate surface area is 207 Å². The van der Waals surface area contributed by atoms with Crippen LogP contribution in [0.5, 0.6) is 0 Å². The van der Waals surface area contributed by atoms with E-state index in [0.717, 1.165) is 43.3 Å². The SMILES string of the molecule is C=C1/C(=C\C=C2/CCC[C@@]3(C)[C@H]2CC[C@]3(N)[C@H](C)/C=C/C=C/C(O)(CC)CC)C[C@@H](O)C[C@@H]1O. The number of fused-ring (bicyclic) bond motifs is 1. The second-order valence-corrected chi connectivity index (χ2v) is 11.3. The van der Waals surface area contributed by atoms with Crippen molar-refractivity contribution >= 4 is 0 Å². The maximum atomic E-state index is 10.5. The van der Waals surface area contributed by atoms with E-state index in [0.29, 0.717) is 31.6 Å².